The highest BCUT2D eigenvalue weighted by Gasteiger charge is 2.21. The first-order valence-electron chi connectivity index (χ1n) is 7.14. The second-order valence-electron chi connectivity index (χ2n) is 5.39. The molecule has 0 radical (unpaired) electrons. The van der Waals surface area contributed by atoms with Crippen molar-refractivity contribution < 1.29 is 14.6 Å². The highest BCUT2D eigenvalue weighted by Crippen LogP contribution is 2.29. The van der Waals surface area contributed by atoms with Crippen molar-refractivity contribution in [2.75, 3.05) is 0 Å². The minimum atomic E-state index is -0.805. The number of ether oxygens (including phenoxy) is 1. The van der Waals surface area contributed by atoms with Gasteiger partial charge < -0.3 is 9.84 Å². The SMILES string of the molecule is CCC1CCC(Oc2cccc(CC(=O)O)c2)CC1. The van der Waals surface area contributed by atoms with E-state index in [4.69, 9.17) is 9.84 Å². The summed E-state index contributed by atoms with van der Waals surface area (Å²) >= 11 is 0. The van der Waals surface area contributed by atoms with Crippen molar-refractivity contribution in [2.24, 2.45) is 5.92 Å². The number of rotatable bonds is 5. The molecule has 104 valence electrons. The van der Waals surface area contributed by atoms with Gasteiger partial charge in [0, 0.05) is 0 Å². The average molecular weight is 262 g/mol. The van der Waals surface area contributed by atoms with Gasteiger partial charge in [-0.2, -0.15) is 0 Å². The minimum absolute atomic E-state index is 0.0553. The maximum atomic E-state index is 10.7. The molecule has 1 aromatic carbocycles. The van der Waals surface area contributed by atoms with Crippen molar-refractivity contribution in [1.82, 2.24) is 0 Å². The van der Waals surface area contributed by atoms with Gasteiger partial charge >= 0.3 is 5.97 Å². The molecule has 0 aliphatic heterocycles. The van der Waals surface area contributed by atoms with Gasteiger partial charge in [-0.3, -0.25) is 4.79 Å². The minimum Gasteiger partial charge on any atom is -0.490 e. The summed E-state index contributed by atoms with van der Waals surface area (Å²) in [7, 11) is 0. The summed E-state index contributed by atoms with van der Waals surface area (Å²) in [5.41, 5.74) is 0.798. The van der Waals surface area contributed by atoms with E-state index in [2.05, 4.69) is 6.92 Å². The van der Waals surface area contributed by atoms with Crippen LogP contribution >= 0.6 is 0 Å². The number of carboxylic acids is 1. The third-order valence-electron chi connectivity index (χ3n) is 3.93. The quantitative estimate of drug-likeness (QED) is 0.880. The molecule has 0 bridgehead atoms. The number of benzene rings is 1. The zero-order valence-corrected chi connectivity index (χ0v) is 11.5. The number of carboxylic acid groups (broad SMARTS) is 1. The first-order chi connectivity index (χ1) is 9.17. The van der Waals surface area contributed by atoms with E-state index >= 15 is 0 Å². The molecule has 2 rings (SSSR count). The average Bonchev–Trinajstić information content (AvgIpc) is 2.39. The summed E-state index contributed by atoms with van der Waals surface area (Å²) in [6.07, 6.45) is 6.33. The van der Waals surface area contributed by atoms with Crippen LogP contribution in [0.2, 0.25) is 0 Å². The number of carbonyl (C=O) groups is 1. The lowest BCUT2D eigenvalue weighted by atomic mass is 9.86. The molecular weight excluding hydrogens is 240 g/mol. The fourth-order valence-corrected chi connectivity index (χ4v) is 2.75. The zero-order chi connectivity index (χ0) is 13.7. The second-order valence-corrected chi connectivity index (χ2v) is 5.39. The van der Waals surface area contributed by atoms with Gasteiger partial charge in [0.25, 0.3) is 0 Å². The van der Waals surface area contributed by atoms with Crippen LogP contribution in [0, 0.1) is 5.92 Å². The molecule has 1 aliphatic carbocycles. The Kier molecular flexibility index (Phi) is 4.83. The third kappa shape index (κ3) is 4.27. The van der Waals surface area contributed by atoms with Gasteiger partial charge in [-0.15, -0.1) is 0 Å². The first-order valence-corrected chi connectivity index (χ1v) is 7.14. The first kappa shape index (κ1) is 13.9. The highest BCUT2D eigenvalue weighted by molar-refractivity contribution is 5.70. The van der Waals surface area contributed by atoms with Crippen LogP contribution < -0.4 is 4.74 Å². The lowest BCUT2D eigenvalue weighted by Gasteiger charge is -2.28. The Balaban J connectivity index is 1.90. The Morgan fingerprint density at radius 2 is 2.05 bits per heavy atom. The molecule has 0 spiro atoms. The molecule has 1 fully saturated rings. The van der Waals surface area contributed by atoms with E-state index in [9.17, 15) is 4.79 Å². The Bertz CT molecular complexity index is 420. The van der Waals surface area contributed by atoms with Gasteiger partial charge in [0.1, 0.15) is 5.75 Å². The number of aliphatic carboxylic acids is 1. The molecule has 0 aromatic heterocycles. The van der Waals surface area contributed by atoms with Crippen LogP contribution in [0.5, 0.6) is 5.75 Å². The van der Waals surface area contributed by atoms with Crippen molar-refractivity contribution in [2.45, 2.75) is 51.6 Å². The Morgan fingerprint density at radius 1 is 1.32 bits per heavy atom. The van der Waals surface area contributed by atoms with Crippen LogP contribution in [-0.4, -0.2) is 17.2 Å². The van der Waals surface area contributed by atoms with E-state index in [1.54, 1.807) is 0 Å². The predicted octanol–water partition coefficient (Wildman–Crippen LogP) is 3.66. The summed E-state index contributed by atoms with van der Waals surface area (Å²) in [5.74, 6) is 0.859. The summed E-state index contributed by atoms with van der Waals surface area (Å²) in [6, 6.07) is 7.46. The van der Waals surface area contributed by atoms with E-state index in [1.165, 1.54) is 19.3 Å². The van der Waals surface area contributed by atoms with Crippen LogP contribution in [-0.2, 0) is 11.2 Å². The summed E-state index contributed by atoms with van der Waals surface area (Å²) in [4.78, 5) is 10.7. The highest BCUT2D eigenvalue weighted by atomic mass is 16.5. The van der Waals surface area contributed by atoms with E-state index in [-0.39, 0.29) is 6.42 Å². The molecule has 19 heavy (non-hydrogen) atoms. The van der Waals surface area contributed by atoms with Crippen LogP contribution in [0.1, 0.15) is 44.6 Å². The van der Waals surface area contributed by atoms with E-state index in [1.807, 2.05) is 24.3 Å². The molecule has 0 heterocycles. The maximum Gasteiger partial charge on any atom is 0.307 e. The van der Waals surface area contributed by atoms with Crippen LogP contribution in [0.3, 0.4) is 0 Å². The summed E-state index contributed by atoms with van der Waals surface area (Å²) < 4.78 is 5.98. The lowest BCUT2D eigenvalue weighted by Crippen LogP contribution is -2.23. The smallest absolute Gasteiger partial charge is 0.307 e. The van der Waals surface area contributed by atoms with E-state index < -0.39 is 5.97 Å². The van der Waals surface area contributed by atoms with Gasteiger partial charge in [0.2, 0.25) is 0 Å². The largest absolute Gasteiger partial charge is 0.490 e. The molecule has 0 saturated heterocycles. The van der Waals surface area contributed by atoms with Gasteiger partial charge in [-0.05, 0) is 49.3 Å². The monoisotopic (exact) mass is 262 g/mol. The van der Waals surface area contributed by atoms with Crippen LogP contribution in [0.25, 0.3) is 0 Å². The zero-order valence-electron chi connectivity index (χ0n) is 11.5. The molecule has 1 aromatic rings. The molecule has 0 amide bonds. The van der Waals surface area contributed by atoms with Crippen molar-refractivity contribution >= 4 is 5.97 Å². The van der Waals surface area contributed by atoms with Gasteiger partial charge in [-0.25, -0.2) is 0 Å². The van der Waals surface area contributed by atoms with E-state index in [0.717, 1.165) is 30.1 Å². The molecule has 3 heteroatoms. The number of hydrogen-bond donors (Lipinski definition) is 1. The Morgan fingerprint density at radius 3 is 2.68 bits per heavy atom. The Labute approximate surface area is 114 Å². The molecule has 1 saturated carbocycles. The fraction of sp³-hybridized carbons (Fsp3) is 0.562. The van der Waals surface area contributed by atoms with Crippen molar-refractivity contribution in [3.05, 3.63) is 29.8 Å². The standard InChI is InChI=1S/C16H22O3/c1-2-12-6-8-14(9-7-12)19-15-5-3-4-13(10-15)11-16(17)18/h3-5,10,12,14H,2,6-9,11H2,1H3,(H,17,18). The second kappa shape index (κ2) is 6.60. The van der Waals surface area contributed by atoms with E-state index in [0.29, 0.717) is 6.10 Å². The molecule has 0 atom stereocenters. The van der Waals surface area contributed by atoms with Crippen molar-refractivity contribution in [1.29, 1.82) is 0 Å². The number of hydrogen-bond acceptors (Lipinski definition) is 2. The Hall–Kier alpha value is -1.51. The molecule has 0 unspecified atom stereocenters. The molecule has 1 N–H and O–H groups in total. The predicted molar refractivity (Wildman–Crippen MR) is 74.4 cm³/mol. The van der Waals surface area contributed by atoms with Crippen molar-refractivity contribution in [3.8, 4) is 5.75 Å². The normalized spacial score (nSPS) is 23.0. The third-order valence-corrected chi connectivity index (χ3v) is 3.93. The fourth-order valence-electron chi connectivity index (χ4n) is 2.75. The lowest BCUT2D eigenvalue weighted by molar-refractivity contribution is -0.136. The molecular formula is C16H22O3. The van der Waals surface area contributed by atoms with Gasteiger partial charge in [0.15, 0.2) is 0 Å². The maximum absolute atomic E-state index is 10.7. The summed E-state index contributed by atoms with van der Waals surface area (Å²) in [6.45, 7) is 2.25. The summed E-state index contributed by atoms with van der Waals surface area (Å²) in [5, 5.41) is 8.79. The molecule has 3 nitrogen and oxygen atoms in total. The van der Waals surface area contributed by atoms with Crippen LogP contribution in [0.15, 0.2) is 24.3 Å². The van der Waals surface area contributed by atoms with Crippen molar-refractivity contribution in [3.63, 3.8) is 0 Å². The van der Waals surface area contributed by atoms with Gasteiger partial charge in [0.05, 0.1) is 12.5 Å². The molecule has 1 aliphatic rings. The van der Waals surface area contributed by atoms with Crippen LogP contribution in [0.4, 0.5) is 0 Å². The topological polar surface area (TPSA) is 46.5 Å². The van der Waals surface area contributed by atoms with Gasteiger partial charge in [-0.1, -0.05) is 25.5 Å².